The first-order valence-electron chi connectivity index (χ1n) is 5.97. The molecule has 2 heterocycles. The summed E-state index contributed by atoms with van der Waals surface area (Å²) in [5.41, 5.74) is 1.71. The minimum absolute atomic E-state index is 0.249. The lowest BCUT2D eigenvalue weighted by Gasteiger charge is -2.08. The van der Waals surface area contributed by atoms with Gasteiger partial charge in [0.05, 0.1) is 5.88 Å². The molecule has 1 aromatic carbocycles. The van der Waals surface area contributed by atoms with Crippen molar-refractivity contribution in [3.63, 3.8) is 0 Å². The Bertz CT molecular complexity index is 769. The number of anilines is 2. The Labute approximate surface area is 125 Å². The lowest BCUT2D eigenvalue weighted by molar-refractivity contribution is 0.911. The fraction of sp³-hybridized carbons (Fsp3) is 0.154. The number of halogens is 2. The molecule has 3 rings (SSSR count). The smallest absolute Gasteiger partial charge is 0.254 e. The van der Waals surface area contributed by atoms with E-state index in [0.29, 0.717) is 16.6 Å². The molecule has 0 saturated heterocycles. The van der Waals surface area contributed by atoms with Gasteiger partial charge in [0, 0.05) is 22.5 Å². The van der Waals surface area contributed by atoms with Crippen molar-refractivity contribution in [2.75, 3.05) is 5.32 Å². The largest absolute Gasteiger partial charge is 0.340 e. The van der Waals surface area contributed by atoms with Crippen LogP contribution in [0.4, 0.5) is 11.5 Å². The van der Waals surface area contributed by atoms with Crippen LogP contribution >= 0.6 is 23.2 Å². The number of fused-ring (bicyclic) bond motifs is 1. The standard InChI is InChI=1S/C13H11Cl2N5/c1-8-5-12(17-10-4-2-3-9(15)6-10)20-13(16-8)18-11(7-14)19-20/h2-6,17H,7H2,1H3. The summed E-state index contributed by atoms with van der Waals surface area (Å²) in [7, 11) is 0. The first kappa shape index (κ1) is 13.1. The normalized spacial score (nSPS) is 10.9. The zero-order valence-electron chi connectivity index (χ0n) is 10.6. The molecule has 3 aromatic rings. The molecule has 0 spiro atoms. The molecule has 102 valence electrons. The van der Waals surface area contributed by atoms with E-state index >= 15 is 0 Å². The van der Waals surface area contributed by atoms with Crippen LogP contribution in [0.3, 0.4) is 0 Å². The number of hydrogen-bond donors (Lipinski definition) is 1. The van der Waals surface area contributed by atoms with Crippen LogP contribution in [0.25, 0.3) is 5.78 Å². The lowest BCUT2D eigenvalue weighted by Crippen LogP contribution is -2.02. The van der Waals surface area contributed by atoms with Crippen molar-refractivity contribution >= 4 is 40.5 Å². The van der Waals surface area contributed by atoms with Gasteiger partial charge >= 0.3 is 0 Å². The average molecular weight is 308 g/mol. The number of hydrogen-bond acceptors (Lipinski definition) is 4. The quantitative estimate of drug-likeness (QED) is 0.752. The molecule has 0 aliphatic heterocycles. The van der Waals surface area contributed by atoms with Crippen LogP contribution in [0.1, 0.15) is 11.5 Å². The molecule has 0 radical (unpaired) electrons. The highest BCUT2D eigenvalue weighted by molar-refractivity contribution is 6.30. The molecule has 5 nitrogen and oxygen atoms in total. The number of aryl methyl sites for hydroxylation is 1. The van der Waals surface area contributed by atoms with Gasteiger partial charge in [-0.1, -0.05) is 17.7 Å². The molecule has 0 unspecified atom stereocenters. The first-order chi connectivity index (χ1) is 9.65. The Hall–Kier alpha value is -1.85. The SMILES string of the molecule is Cc1cc(Nc2cccc(Cl)c2)n2nc(CCl)nc2n1. The summed E-state index contributed by atoms with van der Waals surface area (Å²) in [6.45, 7) is 1.90. The highest BCUT2D eigenvalue weighted by Gasteiger charge is 2.09. The van der Waals surface area contributed by atoms with Gasteiger partial charge in [0.1, 0.15) is 5.82 Å². The van der Waals surface area contributed by atoms with Gasteiger partial charge in [0.25, 0.3) is 5.78 Å². The molecule has 7 heteroatoms. The van der Waals surface area contributed by atoms with Gasteiger partial charge in [0.2, 0.25) is 0 Å². The average Bonchev–Trinajstić information content (AvgIpc) is 2.82. The van der Waals surface area contributed by atoms with Gasteiger partial charge in [0.15, 0.2) is 5.82 Å². The molecule has 0 bridgehead atoms. The van der Waals surface area contributed by atoms with Gasteiger partial charge in [-0.15, -0.1) is 16.7 Å². The zero-order valence-corrected chi connectivity index (χ0v) is 12.2. The number of alkyl halides is 1. The Morgan fingerprint density at radius 2 is 2.10 bits per heavy atom. The summed E-state index contributed by atoms with van der Waals surface area (Å²) in [5, 5.41) is 8.23. The minimum Gasteiger partial charge on any atom is -0.340 e. The molecular weight excluding hydrogens is 297 g/mol. The second kappa shape index (κ2) is 5.26. The number of nitrogens with one attached hydrogen (secondary N) is 1. The summed E-state index contributed by atoms with van der Waals surface area (Å²) >= 11 is 11.8. The first-order valence-corrected chi connectivity index (χ1v) is 6.89. The maximum atomic E-state index is 5.98. The molecule has 0 atom stereocenters. The Morgan fingerprint density at radius 3 is 2.85 bits per heavy atom. The predicted molar refractivity (Wildman–Crippen MR) is 79.8 cm³/mol. The van der Waals surface area contributed by atoms with Gasteiger partial charge in [-0.3, -0.25) is 0 Å². The van der Waals surface area contributed by atoms with Crippen molar-refractivity contribution in [1.29, 1.82) is 0 Å². The maximum absolute atomic E-state index is 5.98. The molecule has 0 aliphatic carbocycles. The predicted octanol–water partition coefficient (Wildman–Crippen LogP) is 3.57. The molecule has 1 N–H and O–H groups in total. The van der Waals surface area contributed by atoms with Crippen LogP contribution in [-0.4, -0.2) is 19.6 Å². The summed E-state index contributed by atoms with van der Waals surface area (Å²) < 4.78 is 1.63. The molecular formula is C13H11Cl2N5. The molecule has 20 heavy (non-hydrogen) atoms. The lowest BCUT2D eigenvalue weighted by atomic mass is 10.3. The van der Waals surface area contributed by atoms with Crippen molar-refractivity contribution in [2.45, 2.75) is 12.8 Å². The van der Waals surface area contributed by atoms with E-state index in [9.17, 15) is 0 Å². The Balaban J connectivity index is 2.08. The third-order valence-corrected chi connectivity index (χ3v) is 3.17. The molecule has 2 aromatic heterocycles. The van der Waals surface area contributed by atoms with Crippen molar-refractivity contribution in [3.8, 4) is 0 Å². The van der Waals surface area contributed by atoms with Gasteiger partial charge in [-0.2, -0.15) is 9.50 Å². The molecule has 0 aliphatic rings. The van der Waals surface area contributed by atoms with E-state index in [1.54, 1.807) is 4.52 Å². The van der Waals surface area contributed by atoms with E-state index in [1.807, 2.05) is 37.3 Å². The summed E-state index contributed by atoms with van der Waals surface area (Å²) in [6, 6.07) is 9.35. The number of rotatable bonds is 3. The van der Waals surface area contributed by atoms with E-state index in [0.717, 1.165) is 17.2 Å². The summed E-state index contributed by atoms with van der Waals surface area (Å²) in [6.07, 6.45) is 0. The van der Waals surface area contributed by atoms with Crippen LogP contribution in [0.2, 0.25) is 5.02 Å². The van der Waals surface area contributed by atoms with Gasteiger partial charge < -0.3 is 5.32 Å². The van der Waals surface area contributed by atoms with Crippen molar-refractivity contribution in [3.05, 3.63) is 46.9 Å². The maximum Gasteiger partial charge on any atom is 0.254 e. The third-order valence-electron chi connectivity index (χ3n) is 2.70. The van der Waals surface area contributed by atoms with Crippen LogP contribution in [0, 0.1) is 6.92 Å². The summed E-state index contributed by atoms with van der Waals surface area (Å²) in [4.78, 5) is 8.58. The molecule has 0 saturated carbocycles. The Kier molecular flexibility index (Phi) is 3.46. The van der Waals surface area contributed by atoms with Gasteiger partial charge in [-0.05, 0) is 25.1 Å². The fourth-order valence-corrected chi connectivity index (χ4v) is 2.19. The van der Waals surface area contributed by atoms with Crippen LogP contribution in [0.5, 0.6) is 0 Å². The highest BCUT2D eigenvalue weighted by Crippen LogP contribution is 2.21. The second-order valence-corrected chi connectivity index (χ2v) is 5.00. The minimum atomic E-state index is 0.249. The van der Waals surface area contributed by atoms with E-state index in [4.69, 9.17) is 23.2 Å². The third kappa shape index (κ3) is 2.55. The van der Waals surface area contributed by atoms with E-state index in [-0.39, 0.29) is 5.88 Å². The van der Waals surface area contributed by atoms with Crippen LogP contribution in [-0.2, 0) is 5.88 Å². The van der Waals surface area contributed by atoms with Crippen molar-refractivity contribution in [2.24, 2.45) is 0 Å². The van der Waals surface area contributed by atoms with E-state index in [1.165, 1.54) is 0 Å². The monoisotopic (exact) mass is 307 g/mol. The second-order valence-electron chi connectivity index (χ2n) is 4.29. The van der Waals surface area contributed by atoms with Crippen LogP contribution in [0.15, 0.2) is 30.3 Å². The molecule has 0 fully saturated rings. The van der Waals surface area contributed by atoms with Crippen molar-refractivity contribution < 1.29 is 0 Å². The highest BCUT2D eigenvalue weighted by atomic mass is 35.5. The number of aromatic nitrogens is 4. The molecule has 0 amide bonds. The topological polar surface area (TPSA) is 55.1 Å². The fourth-order valence-electron chi connectivity index (χ4n) is 1.89. The van der Waals surface area contributed by atoms with E-state index in [2.05, 4.69) is 20.4 Å². The number of benzene rings is 1. The van der Waals surface area contributed by atoms with Gasteiger partial charge in [-0.25, -0.2) is 4.98 Å². The van der Waals surface area contributed by atoms with Crippen LogP contribution < -0.4 is 5.32 Å². The summed E-state index contributed by atoms with van der Waals surface area (Å²) in [5.74, 6) is 2.07. The van der Waals surface area contributed by atoms with E-state index < -0.39 is 0 Å². The number of nitrogens with zero attached hydrogens (tertiary/aromatic N) is 4. The Morgan fingerprint density at radius 1 is 1.25 bits per heavy atom. The zero-order chi connectivity index (χ0) is 14.1. The van der Waals surface area contributed by atoms with Crippen molar-refractivity contribution in [1.82, 2.24) is 19.6 Å².